The predicted molar refractivity (Wildman–Crippen MR) is 111 cm³/mol. The maximum Gasteiger partial charge on any atom is 0.266 e. The maximum absolute atomic E-state index is 13.7. The van der Waals surface area contributed by atoms with Gasteiger partial charge >= 0.3 is 0 Å². The van der Waals surface area contributed by atoms with Gasteiger partial charge in [0, 0.05) is 16.3 Å². The highest BCUT2D eigenvalue weighted by Gasteiger charge is 2.10. The highest BCUT2D eigenvalue weighted by molar-refractivity contribution is 6.30. The van der Waals surface area contributed by atoms with Crippen LogP contribution in [0.25, 0.3) is 6.08 Å². The zero-order valence-corrected chi connectivity index (χ0v) is 16.0. The Hall–Kier alpha value is -3.62. The second-order valence-electron chi connectivity index (χ2n) is 6.08. The summed E-state index contributed by atoms with van der Waals surface area (Å²) in [6.45, 7) is 0.0714. The Kier molecular flexibility index (Phi) is 6.62. The Morgan fingerprint density at radius 1 is 1.10 bits per heavy atom. The molecule has 1 amide bonds. The minimum Gasteiger partial charge on any atom is -0.489 e. The van der Waals surface area contributed by atoms with Gasteiger partial charge in [-0.05, 0) is 54.1 Å². The van der Waals surface area contributed by atoms with Gasteiger partial charge in [-0.1, -0.05) is 41.9 Å². The molecule has 1 N–H and O–H groups in total. The quantitative estimate of drug-likeness (QED) is 0.428. The molecule has 0 saturated carbocycles. The smallest absolute Gasteiger partial charge is 0.266 e. The van der Waals surface area contributed by atoms with Crippen molar-refractivity contribution in [2.24, 2.45) is 0 Å². The van der Waals surface area contributed by atoms with Crippen molar-refractivity contribution in [3.8, 4) is 11.8 Å². The van der Waals surface area contributed by atoms with Crippen LogP contribution in [0.15, 0.2) is 78.4 Å². The number of ether oxygens (including phenoxy) is 1. The summed E-state index contributed by atoms with van der Waals surface area (Å²) in [6, 6.07) is 21.7. The number of nitrogens with zero attached hydrogens (tertiary/aromatic N) is 1. The van der Waals surface area contributed by atoms with E-state index in [9.17, 15) is 14.4 Å². The van der Waals surface area contributed by atoms with Gasteiger partial charge in [0.25, 0.3) is 5.91 Å². The van der Waals surface area contributed by atoms with E-state index in [1.54, 1.807) is 66.7 Å². The van der Waals surface area contributed by atoms with Crippen LogP contribution in [0.1, 0.15) is 11.1 Å². The summed E-state index contributed by atoms with van der Waals surface area (Å²) in [5.74, 6) is -0.376. The lowest BCUT2D eigenvalue weighted by molar-refractivity contribution is -0.112. The minimum atomic E-state index is -0.535. The first-order valence-corrected chi connectivity index (χ1v) is 9.08. The molecule has 4 nitrogen and oxygen atoms in total. The number of anilines is 1. The number of nitrogens with one attached hydrogen (secondary N) is 1. The molecule has 144 valence electrons. The average molecular weight is 407 g/mol. The highest BCUT2D eigenvalue weighted by Crippen LogP contribution is 2.19. The van der Waals surface area contributed by atoms with Gasteiger partial charge in [-0.3, -0.25) is 4.79 Å². The fourth-order valence-electron chi connectivity index (χ4n) is 2.52. The van der Waals surface area contributed by atoms with Gasteiger partial charge in [-0.25, -0.2) is 4.39 Å². The van der Waals surface area contributed by atoms with Gasteiger partial charge in [0.05, 0.1) is 0 Å². The molecule has 0 saturated heterocycles. The molecule has 0 bridgehead atoms. The number of benzene rings is 3. The van der Waals surface area contributed by atoms with Crippen molar-refractivity contribution >= 4 is 29.3 Å². The molecule has 0 heterocycles. The summed E-state index contributed by atoms with van der Waals surface area (Å²) >= 11 is 5.82. The summed E-state index contributed by atoms with van der Waals surface area (Å²) in [7, 11) is 0. The van der Waals surface area contributed by atoms with Gasteiger partial charge in [0.1, 0.15) is 29.8 Å². The highest BCUT2D eigenvalue weighted by atomic mass is 35.5. The molecule has 0 fully saturated rings. The molecule has 0 aliphatic carbocycles. The molecule has 0 atom stereocenters. The van der Waals surface area contributed by atoms with Crippen LogP contribution in [-0.2, 0) is 11.4 Å². The summed E-state index contributed by atoms with van der Waals surface area (Å²) in [5, 5.41) is 12.6. The number of hydrogen-bond donors (Lipinski definition) is 1. The zero-order chi connectivity index (χ0) is 20.6. The van der Waals surface area contributed by atoms with E-state index in [1.807, 2.05) is 6.07 Å². The number of nitriles is 1. The largest absolute Gasteiger partial charge is 0.489 e. The molecule has 0 aliphatic rings. The molecule has 3 aromatic rings. The number of carbonyl (C=O) groups excluding carboxylic acids is 1. The first-order chi connectivity index (χ1) is 14.0. The van der Waals surface area contributed by atoms with E-state index < -0.39 is 5.91 Å². The summed E-state index contributed by atoms with van der Waals surface area (Å²) in [4.78, 5) is 12.4. The number of rotatable bonds is 6. The first-order valence-electron chi connectivity index (χ1n) is 8.70. The normalized spacial score (nSPS) is 10.9. The zero-order valence-electron chi connectivity index (χ0n) is 15.2. The van der Waals surface area contributed by atoms with Crippen molar-refractivity contribution in [2.75, 3.05) is 5.32 Å². The van der Waals surface area contributed by atoms with Crippen LogP contribution >= 0.6 is 11.6 Å². The van der Waals surface area contributed by atoms with Crippen LogP contribution in [0.3, 0.4) is 0 Å². The first kappa shape index (κ1) is 20.1. The molecule has 0 aliphatic heterocycles. The third-order valence-electron chi connectivity index (χ3n) is 3.99. The van der Waals surface area contributed by atoms with E-state index in [1.165, 1.54) is 12.1 Å². The van der Waals surface area contributed by atoms with Gasteiger partial charge in [-0.15, -0.1) is 0 Å². The fraction of sp³-hybridized carbons (Fsp3) is 0.0435. The van der Waals surface area contributed by atoms with Crippen LogP contribution in [0.5, 0.6) is 5.75 Å². The molecular weight excluding hydrogens is 391 g/mol. The Morgan fingerprint density at radius 2 is 1.86 bits per heavy atom. The standard InChI is InChI=1S/C23H16ClFN2O2/c24-19-8-10-20(11-9-19)27-23(28)18(14-26)12-16-4-3-6-21(13-16)29-15-17-5-1-2-7-22(17)25/h1-13H,15H2,(H,27,28)/b18-12-. The monoisotopic (exact) mass is 406 g/mol. The maximum atomic E-state index is 13.7. The van der Waals surface area contributed by atoms with Crippen LogP contribution in [0, 0.1) is 17.1 Å². The van der Waals surface area contributed by atoms with Crippen molar-refractivity contribution < 1.29 is 13.9 Å². The molecule has 0 radical (unpaired) electrons. The number of halogens is 2. The molecule has 3 aromatic carbocycles. The van der Waals surface area contributed by atoms with Crippen molar-refractivity contribution in [3.63, 3.8) is 0 Å². The average Bonchev–Trinajstić information content (AvgIpc) is 2.73. The van der Waals surface area contributed by atoms with E-state index in [0.717, 1.165) is 0 Å². The van der Waals surface area contributed by atoms with Gasteiger partial charge in [0.15, 0.2) is 0 Å². The van der Waals surface area contributed by atoms with E-state index in [-0.39, 0.29) is 18.0 Å². The van der Waals surface area contributed by atoms with Crippen molar-refractivity contribution in [2.45, 2.75) is 6.61 Å². The number of carbonyl (C=O) groups is 1. The third kappa shape index (κ3) is 5.68. The van der Waals surface area contributed by atoms with Gasteiger partial charge < -0.3 is 10.1 Å². The molecule has 0 unspecified atom stereocenters. The Balaban J connectivity index is 1.71. The Morgan fingerprint density at radius 3 is 2.59 bits per heavy atom. The van der Waals surface area contributed by atoms with E-state index in [2.05, 4.69) is 5.32 Å². The van der Waals surface area contributed by atoms with E-state index >= 15 is 0 Å². The van der Waals surface area contributed by atoms with Gasteiger partial charge in [0.2, 0.25) is 0 Å². The second kappa shape index (κ2) is 9.54. The minimum absolute atomic E-state index is 0.0637. The molecular formula is C23H16ClFN2O2. The molecule has 0 aromatic heterocycles. The van der Waals surface area contributed by atoms with Crippen LogP contribution in [0.4, 0.5) is 10.1 Å². The molecule has 3 rings (SSSR count). The number of hydrogen-bond acceptors (Lipinski definition) is 3. The third-order valence-corrected chi connectivity index (χ3v) is 4.24. The van der Waals surface area contributed by atoms with Crippen LogP contribution in [0.2, 0.25) is 5.02 Å². The van der Waals surface area contributed by atoms with Crippen LogP contribution < -0.4 is 10.1 Å². The summed E-state index contributed by atoms with van der Waals surface area (Å²) < 4.78 is 19.3. The number of amides is 1. The lowest BCUT2D eigenvalue weighted by Crippen LogP contribution is -2.13. The van der Waals surface area contributed by atoms with E-state index in [4.69, 9.17) is 16.3 Å². The van der Waals surface area contributed by atoms with E-state index in [0.29, 0.717) is 27.6 Å². The SMILES string of the molecule is N#C/C(=C/c1cccc(OCc2ccccc2F)c1)C(=O)Nc1ccc(Cl)cc1. The van der Waals surface area contributed by atoms with Crippen LogP contribution in [-0.4, -0.2) is 5.91 Å². The topological polar surface area (TPSA) is 62.1 Å². The summed E-state index contributed by atoms with van der Waals surface area (Å²) in [5.41, 5.74) is 1.51. The van der Waals surface area contributed by atoms with Crippen molar-refractivity contribution in [3.05, 3.63) is 100 Å². The molecule has 0 spiro atoms. The second-order valence-corrected chi connectivity index (χ2v) is 6.52. The fourth-order valence-corrected chi connectivity index (χ4v) is 2.64. The lowest BCUT2D eigenvalue weighted by atomic mass is 10.1. The van der Waals surface area contributed by atoms with Gasteiger partial charge in [-0.2, -0.15) is 5.26 Å². The Labute approximate surface area is 172 Å². The lowest BCUT2D eigenvalue weighted by Gasteiger charge is -2.08. The Bertz CT molecular complexity index is 1090. The molecule has 6 heteroatoms. The molecule has 29 heavy (non-hydrogen) atoms. The van der Waals surface area contributed by atoms with Crippen molar-refractivity contribution in [1.82, 2.24) is 0 Å². The summed E-state index contributed by atoms with van der Waals surface area (Å²) in [6.07, 6.45) is 1.46. The predicted octanol–water partition coefficient (Wildman–Crippen LogP) is 5.60. The van der Waals surface area contributed by atoms with Crippen molar-refractivity contribution in [1.29, 1.82) is 5.26 Å².